The Morgan fingerprint density at radius 3 is 2.16 bits per heavy atom. The minimum atomic E-state index is -0.357. The number of carbonyl (C=O) groups is 2. The van der Waals surface area contributed by atoms with Gasteiger partial charge in [0, 0.05) is 56.1 Å². The van der Waals surface area contributed by atoms with Gasteiger partial charge in [-0.2, -0.15) is 15.0 Å². The van der Waals surface area contributed by atoms with Gasteiger partial charge in [0.05, 0.1) is 43.4 Å². The molecule has 234 valence electrons. The van der Waals surface area contributed by atoms with E-state index in [1.165, 1.54) is 0 Å². The summed E-state index contributed by atoms with van der Waals surface area (Å²) in [5.74, 6) is 1.69. The van der Waals surface area contributed by atoms with Crippen molar-refractivity contribution in [3.63, 3.8) is 0 Å². The fourth-order valence-corrected chi connectivity index (χ4v) is 5.91. The number of amides is 2. The first kappa shape index (κ1) is 28.9. The third-order valence-electron chi connectivity index (χ3n) is 8.45. The van der Waals surface area contributed by atoms with Gasteiger partial charge in [-0.3, -0.25) is 9.59 Å². The van der Waals surface area contributed by atoms with Crippen molar-refractivity contribution >= 4 is 46.4 Å². The van der Waals surface area contributed by atoms with Crippen LogP contribution in [-0.4, -0.2) is 107 Å². The number of nitrogens with two attached hydrogens (primary N) is 1. The fraction of sp³-hybridized carbons (Fsp3) is 0.419. The van der Waals surface area contributed by atoms with Gasteiger partial charge in [0.25, 0.3) is 5.91 Å². The fourth-order valence-electron chi connectivity index (χ4n) is 5.91. The maximum absolute atomic E-state index is 13.2. The van der Waals surface area contributed by atoms with Crippen LogP contribution in [0.15, 0.2) is 42.5 Å². The van der Waals surface area contributed by atoms with Crippen LogP contribution in [0.2, 0.25) is 0 Å². The van der Waals surface area contributed by atoms with Gasteiger partial charge in [0.2, 0.25) is 23.8 Å². The molecule has 3 fully saturated rings. The molecular weight excluding hydrogens is 576 g/mol. The maximum atomic E-state index is 13.2. The second kappa shape index (κ2) is 12.7. The number of imidazole rings is 1. The number of aromatic nitrogens is 5. The number of nitrogens with zero attached hydrogens (tertiary/aromatic N) is 7. The predicted molar refractivity (Wildman–Crippen MR) is 169 cm³/mol. The topological polar surface area (TPSA) is 168 Å². The number of rotatable bonds is 7. The summed E-state index contributed by atoms with van der Waals surface area (Å²) in [5, 5.41) is 3.32. The van der Waals surface area contributed by atoms with Gasteiger partial charge in [-0.25, -0.2) is 4.98 Å². The van der Waals surface area contributed by atoms with E-state index in [1.807, 2.05) is 30.3 Å². The highest BCUT2D eigenvalue weighted by molar-refractivity contribution is 5.98. The van der Waals surface area contributed by atoms with Crippen molar-refractivity contribution in [2.24, 2.45) is 11.7 Å². The average Bonchev–Trinajstić information content (AvgIpc) is 3.50. The second-order valence-electron chi connectivity index (χ2n) is 11.5. The summed E-state index contributed by atoms with van der Waals surface area (Å²) in [4.78, 5) is 53.2. The molecule has 7 rings (SSSR count). The lowest BCUT2D eigenvalue weighted by atomic mass is 9.97. The molecule has 4 aromatic rings. The number of nitrogens with one attached hydrogen (secondary N) is 2. The molecule has 3 aliphatic heterocycles. The number of H-pyrrole nitrogens is 1. The third-order valence-corrected chi connectivity index (χ3v) is 8.45. The van der Waals surface area contributed by atoms with Crippen LogP contribution in [0.25, 0.3) is 22.4 Å². The number of hydrogen-bond acceptors (Lipinski definition) is 11. The highest BCUT2D eigenvalue weighted by atomic mass is 16.5. The molecule has 45 heavy (non-hydrogen) atoms. The van der Waals surface area contributed by atoms with E-state index in [4.69, 9.17) is 30.2 Å². The molecule has 3 saturated heterocycles. The van der Waals surface area contributed by atoms with E-state index in [1.54, 1.807) is 17.0 Å². The monoisotopic (exact) mass is 612 g/mol. The Balaban J connectivity index is 1.08. The van der Waals surface area contributed by atoms with E-state index >= 15 is 0 Å². The largest absolute Gasteiger partial charge is 0.378 e. The average molecular weight is 613 g/mol. The third kappa shape index (κ3) is 6.37. The molecule has 3 aliphatic rings. The number of anilines is 4. The summed E-state index contributed by atoms with van der Waals surface area (Å²) in [6.45, 7) is 6.46. The number of primary amides is 1. The highest BCUT2D eigenvalue weighted by Gasteiger charge is 2.28. The van der Waals surface area contributed by atoms with E-state index in [9.17, 15) is 9.59 Å². The molecule has 14 nitrogen and oxygen atoms in total. The van der Waals surface area contributed by atoms with Gasteiger partial charge < -0.3 is 40.2 Å². The second-order valence-corrected chi connectivity index (χ2v) is 11.5. The summed E-state index contributed by atoms with van der Waals surface area (Å²) >= 11 is 0. The smallest absolute Gasteiger partial charge is 0.253 e. The molecule has 2 aromatic heterocycles. The van der Waals surface area contributed by atoms with Gasteiger partial charge in [-0.05, 0) is 55.3 Å². The zero-order chi connectivity index (χ0) is 30.8. The molecule has 14 heteroatoms. The molecule has 2 aromatic carbocycles. The van der Waals surface area contributed by atoms with Crippen molar-refractivity contribution in [3.05, 3.63) is 48.0 Å². The van der Waals surface area contributed by atoms with Crippen molar-refractivity contribution in [1.29, 1.82) is 0 Å². The van der Waals surface area contributed by atoms with Crippen molar-refractivity contribution < 1.29 is 19.1 Å². The maximum Gasteiger partial charge on any atom is 0.253 e. The number of fused-ring (bicyclic) bond motifs is 1. The number of carbonyl (C=O) groups excluding carboxylic acids is 2. The van der Waals surface area contributed by atoms with E-state index in [-0.39, 0.29) is 17.7 Å². The van der Waals surface area contributed by atoms with Crippen LogP contribution < -0.4 is 20.9 Å². The Morgan fingerprint density at radius 1 is 0.844 bits per heavy atom. The summed E-state index contributed by atoms with van der Waals surface area (Å²) in [5.41, 5.74) is 9.21. The molecule has 4 N–H and O–H groups in total. The van der Waals surface area contributed by atoms with E-state index in [0.717, 1.165) is 61.3 Å². The van der Waals surface area contributed by atoms with Crippen LogP contribution in [0.1, 0.15) is 23.2 Å². The lowest BCUT2D eigenvalue weighted by Gasteiger charge is -2.31. The molecule has 5 heterocycles. The Kier molecular flexibility index (Phi) is 8.13. The van der Waals surface area contributed by atoms with Crippen LogP contribution in [0.4, 0.5) is 23.5 Å². The number of aromatic amines is 1. The Bertz CT molecular complexity index is 1650. The van der Waals surface area contributed by atoms with Crippen LogP contribution >= 0.6 is 0 Å². The lowest BCUT2D eigenvalue weighted by Crippen LogP contribution is -2.44. The molecule has 0 spiro atoms. The number of morpholine rings is 2. The summed E-state index contributed by atoms with van der Waals surface area (Å²) < 4.78 is 11.1. The minimum Gasteiger partial charge on any atom is -0.378 e. The van der Waals surface area contributed by atoms with Gasteiger partial charge in [-0.15, -0.1) is 0 Å². The predicted octanol–water partition coefficient (Wildman–Crippen LogP) is 2.17. The van der Waals surface area contributed by atoms with E-state index in [2.05, 4.69) is 25.1 Å². The number of ether oxygens (including phenoxy) is 2. The Hall–Kier alpha value is -4.82. The molecule has 0 radical (unpaired) electrons. The zero-order valence-corrected chi connectivity index (χ0v) is 24.9. The Labute approximate surface area is 259 Å². The van der Waals surface area contributed by atoms with Crippen molar-refractivity contribution in [2.45, 2.75) is 12.8 Å². The Morgan fingerprint density at radius 2 is 1.51 bits per heavy atom. The van der Waals surface area contributed by atoms with E-state index < -0.39 is 0 Å². The molecule has 0 saturated carbocycles. The number of hydrogen-bond donors (Lipinski definition) is 3. The minimum absolute atomic E-state index is 0.116. The van der Waals surface area contributed by atoms with Crippen molar-refractivity contribution in [2.75, 3.05) is 80.8 Å². The molecule has 2 amide bonds. The molecule has 0 aliphatic carbocycles. The normalized spacial score (nSPS) is 19.1. The number of benzene rings is 2. The van der Waals surface area contributed by atoms with Crippen molar-refractivity contribution in [3.8, 4) is 11.4 Å². The first-order valence-corrected chi connectivity index (χ1v) is 15.4. The van der Waals surface area contributed by atoms with E-state index in [0.29, 0.717) is 68.7 Å². The summed E-state index contributed by atoms with van der Waals surface area (Å²) in [6.07, 6.45) is 1.48. The van der Waals surface area contributed by atoms with Gasteiger partial charge in [0.15, 0.2) is 5.82 Å². The lowest BCUT2D eigenvalue weighted by molar-refractivity contribution is -0.123. The summed E-state index contributed by atoms with van der Waals surface area (Å²) in [7, 11) is 0. The van der Waals surface area contributed by atoms with Gasteiger partial charge in [0.1, 0.15) is 0 Å². The van der Waals surface area contributed by atoms with Crippen LogP contribution in [-0.2, 0) is 14.3 Å². The first-order valence-electron chi connectivity index (χ1n) is 15.4. The molecule has 1 atom stereocenters. The van der Waals surface area contributed by atoms with Crippen LogP contribution in [0.5, 0.6) is 0 Å². The standard InChI is InChI=1S/C31H36N10O4/c32-26(42)22-2-1-9-41(19-22)28(43)21-5-8-24-25(18-21)35-29(34-24)33-23-6-3-20(4-7-23)27-36-30(39-10-14-44-15-11-39)38-31(37-27)40-12-16-45-17-13-40/h3-8,18,22H,1-2,9-17,19H2,(H2,32,42)(H2,33,34,35). The number of likely N-dealkylation sites (tertiary alicyclic amines) is 1. The van der Waals surface area contributed by atoms with Gasteiger partial charge >= 0.3 is 0 Å². The first-order chi connectivity index (χ1) is 22.0. The molecular formula is C31H36N10O4. The zero-order valence-electron chi connectivity index (χ0n) is 24.9. The molecule has 0 bridgehead atoms. The molecule has 1 unspecified atom stereocenters. The van der Waals surface area contributed by atoms with Gasteiger partial charge in [-0.1, -0.05) is 0 Å². The SMILES string of the molecule is NC(=O)C1CCCN(C(=O)c2ccc3nc(Nc4ccc(-c5nc(N6CCOCC6)nc(N6CCOCC6)n5)cc4)[nH]c3c2)C1. The highest BCUT2D eigenvalue weighted by Crippen LogP contribution is 2.26. The van der Waals surface area contributed by atoms with Crippen LogP contribution in [0, 0.1) is 5.92 Å². The van der Waals surface area contributed by atoms with Crippen LogP contribution in [0.3, 0.4) is 0 Å². The number of piperidine rings is 1. The van der Waals surface area contributed by atoms with Crippen molar-refractivity contribution in [1.82, 2.24) is 29.8 Å². The summed E-state index contributed by atoms with van der Waals surface area (Å²) in [6, 6.07) is 13.2. The quantitative estimate of drug-likeness (QED) is 0.280.